The van der Waals surface area contributed by atoms with E-state index >= 15 is 0 Å². The fourth-order valence-corrected chi connectivity index (χ4v) is 3.53. The number of carbonyl (C=O) groups is 2. The summed E-state index contributed by atoms with van der Waals surface area (Å²) in [6, 6.07) is 12.6. The zero-order valence-corrected chi connectivity index (χ0v) is 19.0. The Morgan fingerprint density at radius 2 is 1.82 bits per heavy atom. The number of methoxy groups -OCH3 is 1. The largest absolute Gasteiger partial charge is 0.490 e. The molecule has 10 nitrogen and oxygen atoms in total. The highest BCUT2D eigenvalue weighted by molar-refractivity contribution is 6.08. The minimum absolute atomic E-state index is 0.0317. The molecule has 1 aromatic carbocycles. The number of nitrogens with zero attached hydrogens (tertiary/aromatic N) is 4. The zero-order valence-electron chi connectivity index (χ0n) is 19.0. The van der Waals surface area contributed by atoms with Crippen molar-refractivity contribution in [3.63, 3.8) is 0 Å². The second-order valence-electron chi connectivity index (χ2n) is 8.46. The van der Waals surface area contributed by atoms with Crippen molar-refractivity contribution in [2.75, 3.05) is 7.11 Å². The van der Waals surface area contributed by atoms with Crippen molar-refractivity contribution in [3.05, 3.63) is 82.4 Å². The van der Waals surface area contributed by atoms with Gasteiger partial charge in [0.05, 0.1) is 23.2 Å². The van der Waals surface area contributed by atoms with Gasteiger partial charge in [0.1, 0.15) is 11.3 Å². The van der Waals surface area contributed by atoms with Crippen molar-refractivity contribution in [2.24, 2.45) is 0 Å². The first kappa shape index (κ1) is 22.7. The van der Waals surface area contributed by atoms with Crippen LogP contribution in [0, 0.1) is 10.1 Å². The fourth-order valence-electron chi connectivity index (χ4n) is 3.53. The van der Waals surface area contributed by atoms with Crippen LogP contribution in [-0.4, -0.2) is 43.5 Å². The Hall–Kier alpha value is -4.47. The van der Waals surface area contributed by atoms with Gasteiger partial charge in [-0.15, -0.1) is 0 Å². The predicted octanol–water partition coefficient (Wildman–Crippen LogP) is 4.73. The summed E-state index contributed by atoms with van der Waals surface area (Å²) >= 11 is 0. The molecular formula is C24H22N4O6. The fraction of sp³-hybridized carbons (Fsp3) is 0.208. The molecule has 4 aromatic rings. The molecule has 0 radical (unpaired) electrons. The van der Waals surface area contributed by atoms with E-state index in [1.54, 1.807) is 67.9 Å². The van der Waals surface area contributed by atoms with Crippen LogP contribution in [0.4, 0.5) is 10.5 Å². The Bertz CT molecular complexity index is 1430. The second kappa shape index (κ2) is 8.47. The number of fused-ring (bicyclic) bond motifs is 1. The first-order chi connectivity index (χ1) is 16.1. The molecule has 0 aliphatic heterocycles. The van der Waals surface area contributed by atoms with E-state index in [1.807, 2.05) is 0 Å². The van der Waals surface area contributed by atoms with Crippen molar-refractivity contribution in [3.8, 4) is 17.1 Å². The molecule has 0 amide bonds. The third-order valence-electron chi connectivity index (χ3n) is 4.97. The number of nitro groups is 1. The lowest BCUT2D eigenvalue weighted by Crippen LogP contribution is -2.27. The van der Waals surface area contributed by atoms with Gasteiger partial charge in [0.25, 0.3) is 0 Å². The molecule has 174 valence electrons. The van der Waals surface area contributed by atoms with Crippen LogP contribution in [-0.2, 0) is 4.74 Å². The molecule has 0 aliphatic rings. The Labute approximate surface area is 194 Å². The van der Waals surface area contributed by atoms with Crippen molar-refractivity contribution in [1.82, 2.24) is 14.0 Å². The summed E-state index contributed by atoms with van der Waals surface area (Å²) in [6.45, 7) is 5.32. The predicted molar refractivity (Wildman–Crippen MR) is 123 cm³/mol. The van der Waals surface area contributed by atoms with Gasteiger partial charge >= 0.3 is 11.8 Å². The summed E-state index contributed by atoms with van der Waals surface area (Å²) in [7, 11) is 1.30. The SMILES string of the molecule is COc1cc(C(=O)c2nc(-c3cccn3C(=O)OC(C)(C)C)c3ccccn23)ccc1[N+](=O)[O-]. The highest BCUT2D eigenvalue weighted by Crippen LogP contribution is 2.30. The van der Waals surface area contributed by atoms with Gasteiger partial charge in [-0.05, 0) is 57.2 Å². The molecule has 0 fully saturated rings. The average Bonchev–Trinajstić information content (AvgIpc) is 3.42. The Morgan fingerprint density at radius 1 is 1.06 bits per heavy atom. The number of hydrogen-bond donors (Lipinski definition) is 0. The number of imidazole rings is 1. The highest BCUT2D eigenvalue weighted by atomic mass is 16.6. The lowest BCUT2D eigenvalue weighted by atomic mass is 10.1. The number of nitro benzene ring substituents is 1. The van der Waals surface area contributed by atoms with Crippen LogP contribution in [0.15, 0.2) is 60.9 Å². The summed E-state index contributed by atoms with van der Waals surface area (Å²) in [5, 5.41) is 11.2. The van der Waals surface area contributed by atoms with Crippen LogP contribution < -0.4 is 4.74 Å². The first-order valence-corrected chi connectivity index (χ1v) is 10.4. The molecule has 34 heavy (non-hydrogen) atoms. The van der Waals surface area contributed by atoms with Crippen LogP contribution in [0.25, 0.3) is 16.9 Å². The van der Waals surface area contributed by atoms with Gasteiger partial charge in [0.15, 0.2) is 11.6 Å². The Kier molecular flexibility index (Phi) is 5.66. The molecule has 0 spiro atoms. The maximum absolute atomic E-state index is 13.4. The van der Waals surface area contributed by atoms with Gasteiger partial charge in [-0.3, -0.25) is 23.9 Å². The van der Waals surface area contributed by atoms with Gasteiger partial charge in [-0.1, -0.05) is 6.07 Å². The monoisotopic (exact) mass is 462 g/mol. The Morgan fingerprint density at radius 3 is 2.50 bits per heavy atom. The first-order valence-electron chi connectivity index (χ1n) is 10.4. The van der Waals surface area contributed by atoms with Crippen molar-refractivity contribution >= 4 is 23.1 Å². The summed E-state index contributed by atoms with van der Waals surface area (Å²) in [4.78, 5) is 41.3. The maximum atomic E-state index is 13.4. The number of ether oxygens (including phenoxy) is 2. The number of rotatable bonds is 5. The van der Waals surface area contributed by atoms with Gasteiger partial charge in [0, 0.05) is 24.0 Å². The maximum Gasteiger partial charge on any atom is 0.419 e. The van der Waals surface area contributed by atoms with Crippen LogP contribution in [0.5, 0.6) is 5.75 Å². The number of ketones is 1. The van der Waals surface area contributed by atoms with E-state index in [2.05, 4.69) is 4.98 Å². The van der Waals surface area contributed by atoms with E-state index < -0.39 is 22.4 Å². The average molecular weight is 462 g/mol. The normalized spacial score (nSPS) is 11.4. The highest BCUT2D eigenvalue weighted by Gasteiger charge is 2.26. The summed E-state index contributed by atoms with van der Waals surface area (Å²) in [5.41, 5.74) is 0.704. The van der Waals surface area contributed by atoms with Gasteiger partial charge in [0.2, 0.25) is 5.78 Å². The van der Waals surface area contributed by atoms with E-state index in [4.69, 9.17) is 9.47 Å². The van der Waals surface area contributed by atoms with E-state index in [0.29, 0.717) is 16.9 Å². The topological polar surface area (TPSA) is 118 Å². The van der Waals surface area contributed by atoms with Gasteiger partial charge < -0.3 is 9.47 Å². The smallest absolute Gasteiger partial charge is 0.419 e. The molecule has 0 saturated carbocycles. The van der Waals surface area contributed by atoms with Crippen molar-refractivity contribution in [1.29, 1.82) is 0 Å². The standard InChI is InChI=1S/C24H22N4O6/c1-24(2,3)34-23(30)27-13-7-9-18(27)20-17-8-5-6-12-26(17)22(25-20)21(29)15-10-11-16(28(31)32)19(14-15)33-4/h5-14H,1-4H3. The van der Waals surface area contributed by atoms with E-state index in [0.717, 1.165) is 0 Å². The van der Waals surface area contributed by atoms with E-state index in [-0.39, 0.29) is 22.8 Å². The third kappa shape index (κ3) is 4.13. The van der Waals surface area contributed by atoms with Crippen LogP contribution in [0.1, 0.15) is 37.0 Å². The number of aromatic nitrogens is 3. The molecule has 4 rings (SSSR count). The quantitative estimate of drug-likeness (QED) is 0.239. The molecular weight excluding hydrogens is 440 g/mol. The molecule has 3 heterocycles. The zero-order chi connectivity index (χ0) is 24.6. The van der Waals surface area contributed by atoms with E-state index in [1.165, 1.54) is 29.9 Å². The lowest BCUT2D eigenvalue weighted by molar-refractivity contribution is -0.385. The molecule has 0 saturated heterocycles. The minimum Gasteiger partial charge on any atom is -0.490 e. The third-order valence-corrected chi connectivity index (χ3v) is 4.97. The molecule has 3 aromatic heterocycles. The molecule has 0 unspecified atom stereocenters. The second-order valence-corrected chi connectivity index (χ2v) is 8.46. The van der Waals surface area contributed by atoms with Gasteiger partial charge in [-0.25, -0.2) is 9.78 Å². The van der Waals surface area contributed by atoms with Crippen molar-refractivity contribution in [2.45, 2.75) is 26.4 Å². The van der Waals surface area contributed by atoms with E-state index in [9.17, 15) is 19.7 Å². The number of benzene rings is 1. The van der Waals surface area contributed by atoms with Crippen LogP contribution in [0.3, 0.4) is 0 Å². The summed E-state index contributed by atoms with van der Waals surface area (Å²) in [5.74, 6) is -0.412. The number of carbonyl (C=O) groups excluding carboxylic acids is 2. The minimum atomic E-state index is -0.689. The summed E-state index contributed by atoms with van der Waals surface area (Å²) < 4.78 is 13.5. The number of hydrogen-bond acceptors (Lipinski definition) is 7. The van der Waals surface area contributed by atoms with Crippen LogP contribution in [0.2, 0.25) is 0 Å². The lowest BCUT2D eigenvalue weighted by Gasteiger charge is -2.20. The van der Waals surface area contributed by atoms with Crippen LogP contribution >= 0.6 is 0 Å². The van der Waals surface area contributed by atoms with Crippen molar-refractivity contribution < 1.29 is 24.0 Å². The molecule has 0 aliphatic carbocycles. The number of pyridine rings is 1. The van der Waals surface area contributed by atoms with Gasteiger partial charge in [-0.2, -0.15) is 0 Å². The summed E-state index contributed by atoms with van der Waals surface area (Å²) in [6.07, 6.45) is 2.68. The molecule has 10 heteroatoms. The molecule has 0 N–H and O–H groups in total. The molecule has 0 atom stereocenters. The molecule has 0 bridgehead atoms. The Balaban J connectivity index is 1.82.